The normalized spacial score (nSPS) is 14.4. The summed E-state index contributed by atoms with van der Waals surface area (Å²) in [4.78, 5) is 11.7. The van der Waals surface area contributed by atoms with Crippen LogP contribution in [0.2, 0.25) is 5.02 Å². The maximum absolute atomic E-state index is 11.7. The third-order valence-corrected chi connectivity index (χ3v) is 3.85. The average Bonchev–Trinajstić information content (AvgIpc) is 2.82. The lowest BCUT2D eigenvalue weighted by Crippen LogP contribution is -2.25. The van der Waals surface area contributed by atoms with E-state index in [0.717, 1.165) is 12.8 Å². The fraction of sp³-hybridized carbons (Fsp3) is 0.286. The molecule has 0 saturated heterocycles. The van der Waals surface area contributed by atoms with E-state index in [1.807, 2.05) is 12.1 Å². The van der Waals surface area contributed by atoms with E-state index in [1.54, 1.807) is 13.2 Å². The van der Waals surface area contributed by atoms with Crippen LogP contribution in [0.15, 0.2) is 35.3 Å². The van der Waals surface area contributed by atoms with Gasteiger partial charge in [0.15, 0.2) is 0 Å². The highest BCUT2D eigenvalue weighted by Crippen LogP contribution is 2.25. The fourth-order valence-electron chi connectivity index (χ4n) is 2.49. The molecule has 0 amide bonds. The first-order chi connectivity index (χ1) is 9.15. The monoisotopic (exact) mass is 275 g/mol. The Balaban J connectivity index is 1.82. The number of aromatic nitrogens is 2. The van der Waals surface area contributed by atoms with Crippen LogP contribution in [0.3, 0.4) is 0 Å². The van der Waals surface area contributed by atoms with Gasteiger partial charge in [-0.05, 0) is 24.0 Å². The van der Waals surface area contributed by atoms with Gasteiger partial charge in [0.1, 0.15) is 5.02 Å². The van der Waals surface area contributed by atoms with Crippen molar-refractivity contribution in [3.8, 4) is 0 Å². The number of anilines is 1. The SMILES string of the molecule is Cn1ncc(NC2Cc3ccccc3C2)c(Cl)c1=O. The molecule has 0 unspecified atom stereocenters. The largest absolute Gasteiger partial charge is 0.379 e. The standard InChI is InChI=1S/C14H14ClN3O/c1-18-14(19)13(15)12(8-16-18)17-11-6-9-4-2-3-5-10(9)7-11/h2-5,8,11,17H,6-7H2,1H3. The molecule has 0 radical (unpaired) electrons. The molecule has 0 spiro atoms. The highest BCUT2D eigenvalue weighted by molar-refractivity contribution is 6.32. The Kier molecular flexibility index (Phi) is 3.03. The summed E-state index contributed by atoms with van der Waals surface area (Å²) in [5, 5.41) is 7.51. The van der Waals surface area contributed by atoms with Crippen molar-refractivity contribution in [2.45, 2.75) is 18.9 Å². The van der Waals surface area contributed by atoms with Gasteiger partial charge in [-0.25, -0.2) is 4.68 Å². The van der Waals surface area contributed by atoms with E-state index in [9.17, 15) is 4.79 Å². The molecule has 0 atom stereocenters. The van der Waals surface area contributed by atoms with E-state index in [4.69, 9.17) is 11.6 Å². The summed E-state index contributed by atoms with van der Waals surface area (Å²) in [5.41, 5.74) is 3.05. The maximum Gasteiger partial charge on any atom is 0.287 e. The maximum atomic E-state index is 11.7. The Morgan fingerprint density at radius 1 is 1.32 bits per heavy atom. The van der Waals surface area contributed by atoms with Crippen molar-refractivity contribution < 1.29 is 0 Å². The number of nitrogens with one attached hydrogen (secondary N) is 1. The number of hydrogen-bond donors (Lipinski definition) is 1. The minimum atomic E-state index is -0.276. The Bertz CT molecular complexity index is 656. The predicted octanol–water partition coefficient (Wildman–Crippen LogP) is 2.01. The van der Waals surface area contributed by atoms with Crippen LogP contribution in [-0.2, 0) is 19.9 Å². The van der Waals surface area contributed by atoms with Gasteiger partial charge in [0.25, 0.3) is 5.56 Å². The van der Waals surface area contributed by atoms with Crippen LogP contribution in [0, 0.1) is 0 Å². The third kappa shape index (κ3) is 2.24. The second-order valence-corrected chi connectivity index (χ2v) is 5.20. The topological polar surface area (TPSA) is 46.9 Å². The van der Waals surface area contributed by atoms with Crippen LogP contribution < -0.4 is 10.9 Å². The van der Waals surface area contributed by atoms with Crippen LogP contribution in [0.4, 0.5) is 5.69 Å². The highest BCUT2D eigenvalue weighted by Gasteiger charge is 2.21. The number of nitrogens with zero attached hydrogens (tertiary/aromatic N) is 2. The summed E-state index contributed by atoms with van der Waals surface area (Å²) in [6, 6.07) is 8.65. The summed E-state index contributed by atoms with van der Waals surface area (Å²) in [6.07, 6.45) is 3.50. The lowest BCUT2D eigenvalue weighted by Gasteiger charge is -2.14. The van der Waals surface area contributed by atoms with Crippen molar-refractivity contribution in [3.05, 3.63) is 57.0 Å². The zero-order chi connectivity index (χ0) is 13.4. The molecule has 2 aromatic rings. The molecule has 1 heterocycles. The molecule has 1 N–H and O–H groups in total. The summed E-state index contributed by atoms with van der Waals surface area (Å²) >= 11 is 6.05. The van der Waals surface area contributed by atoms with Crippen LogP contribution in [-0.4, -0.2) is 15.8 Å². The molecule has 5 heteroatoms. The minimum absolute atomic E-state index is 0.202. The highest BCUT2D eigenvalue weighted by atomic mass is 35.5. The molecule has 1 aliphatic carbocycles. The van der Waals surface area contributed by atoms with Gasteiger partial charge < -0.3 is 5.32 Å². The second-order valence-electron chi connectivity index (χ2n) is 4.82. The third-order valence-electron chi connectivity index (χ3n) is 3.49. The molecular weight excluding hydrogens is 262 g/mol. The lowest BCUT2D eigenvalue weighted by atomic mass is 10.1. The summed E-state index contributed by atoms with van der Waals surface area (Å²) in [7, 11) is 1.59. The molecule has 0 bridgehead atoms. The van der Waals surface area contributed by atoms with Crippen LogP contribution in [0.25, 0.3) is 0 Å². The van der Waals surface area contributed by atoms with Crippen LogP contribution >= 0.6 is 11.6 Å². The number of hydrogen-bond acceptors (Lipinski definition) is 3. The van der Waals surface area contributed by atoms with E-state index >= 15 is 0 Å². The summed E-state index contributed by atoms with van der Waals surface area (Å²) in [6.45, 7) is 0. The molecule has 1 aliphatic rings. The molecule has 0 saturated carbocycles. The lowest BCUT2D eigenvalue weighted by molar-refractivity contribution is 0.702. The minimum Gasteiger partial charge on any atom is -0.379 e. The van der Waals surface area contributed by atoms with E-state index in [0.29, 0.717) is 5.69 Å². The molecule has 19 heavy (non-hydrogen) atoms. The Labute approximate surface area is 116 Å². The first-order valence-corrected chi connectivity index (χ1v) is 6.58. The Morgan fingerprint density at radius 3 is 2.58 bits per heavy atom. The van der Waals surface area contributed by atoms with Gasteiger partial charge in [-0.1, -0.05) is 35.9 Å². The van der Waals surface area contributed by atoms with Gasteiger partial charge >= 0.3 is 0 Å². The summed E-state index contributed by atoms with van der Waals surface area (Å²) < 4.78 is 1.23. The average molecular weight is 276 g/mol. The van der Waals surface area contributed by atoms with E-state index < -0.39 is 0 Å². The molecule has 3 rings (SSSR count). The van der Waals surface area contributed by atoms with Gasteiger partial charge in [0.05, 0.1) is 11.9 Å². The fourth-order valence-corrected chi connectivity index (χ4v) is 2.72. The first-order valence-electron chi connectivity index (χ1n) is 6.20. The van der Waals surface area contributed by atoms with E-state index in [-0.39, 0.29) is 16.6 Å². The molecule has 1 aromatic carbocycles. The van der Waals surface area contributed by atoms with E-state index in [1.165, 1.54) is 15.8 Å². The van der Waals surface area contributed by atoms with E-state index in [2.05, 4.69) is 22.5 Å². The molecule has 1 aromatic heterocycles. The second kappa shape index (κ2) is 4.70. The number of aryl methyl sites for hydroxylation is 1. The van der Waals surface area contributed by atoms with Crippen molar-refractivity contribution in [1.29, 1.82) is 0 Å². The molecule has 0 aliphatic heterocycles. The van der Waals surface area contributed by atoms with Crippen molar-refractivity contribution in [1.82, 2.24) is 9.78 Å². The first kappa shape index (κ1) is 12.2. The quantitative estimate of drug-likeness (QED) is 0.912. The molecule has 4 nitrogen and oxygen atoms in total. The Hall–Kier alpha value is -1.81. The number of rotatable bonds is 2. The predicted molar refractivity (Wildman–Crippen MR) is 75.7 cm³/mol. The number of benzene rings is 1. The van der Waals surface area contributed by atoms with Crippen LogP contribution in [0.1, 0.15) is 11.1 Å². The van der Waals surface area contributed by atoms with Gasteiger partial charge in [-0.15, -0.1) is 0 Å². The molecule has 0 fully saturated rings. The Morgan fingerprint density at radius 2 is 1.95 bits per heavy atom. The van der Waals surface area contributed by atoms with Crippen molar-refractivity contribution >= 4 is 17.3 Å². The summed E-state index contributed by atoms with van der Waals surface area (Å²) in [5.74, 6) is 0. The molecular formula is C14H14ClN3O. The number of fused-ring (bicyclic) bond motifs is 1. The smallest absolute Gasteiger partial charge is 0.287 e. The number of halogens is 1. The van der Waals surface area contributed by atoms with Crippen molar-refractivity contribution in [2.75, 3.05) is 5.32 Å². The van der Waals surface area contributed by atoms with Crippen molar-refractivity contribution in [3.63, 3.8) is 0 Å². The van der Waals surface area contributed by atoms with Gasteiger partial charge in [-0.3, -0.25) is 4.79 Å². The molecule has 98 valence electrons. The van der Waals surface area contributed by atoms with Crippen LogP contribution in [0.5, 0.6) is 0 Å². The van der Waals surface area contributed by atoms with Gasteiger partial charge in [0.2, 0.25) is 0 Å². The van der Waals surface area contributed by atoms with Gasteiger partial charge in [-0.2, -0.15) is 5.10 Å². The zero-order valence-electron chi connectivity index (χ0n) is 10.6. The van der Waals surface area contributed by atoms with Crippen molar-refractivity contribution in [2.24, 2.45) is 7.05 Å². The van der Waals surface area contributed by atoms with Gasteiger partial charge in [0, 0.05) is 13.1 Å². The zero-order valence-corrected chi connectivity index (χ0v) is 11.3.